The highest BCUT2D eigenvalue weighted by atomic mass is 32.2. The Labute approximate surface area is 707 Å². The molecule has 0 radical (unpaired) electrons. The van der Waals surface area contributed by atoms with Crippen molar-refractivity contribution in [3.63, 3.8) is 0 Å². The summed E-state index contributed by atoms with van der Waals surface area (Å²) in [5, 5.41) is 19.0. The molecule has 0 aliphatic heterocycles. The number of alkyl halides is 3. The molecule has 0 atom stereocenters. The van der Waals surface area contributed by atoms with E-state index in [1.165, 1.54) is 51.6 Å². The van der Waals surface area contributed by atoms with Gasteiger partial charge < -0.3 is 37.0 Å². The van der Waals surface area contributed by atoms with Gasteiger partial charge in [-0.15, -0.1) is 0 Å². The molecule has 14 heteroatoms. The molecule has 10 nitrogen and oxygen atoms in total. The normalized spacial score (nSPS) is 12.3. The predicted octanol–water partition coefficient (Wildman–Crippen LogP) is 33.2. The number of halogens is 3. The molecule has 16 aromatic carbocycles. The summed E-state index contributed by atoms with van der Waals surface area (Å²) in [4.78, 5) is 4.71. The molecular formula is C108H94F3N3O7S. The molecule has 0 aliphatic carbocycles. The first kappa shape index (κ1) is 79.8. The number of aryl methyl sites for hydroxylation is 1. The number of anilines is 8. The molecule has 0 spiro atoms. The van der Waals surface area contributed by atoms with Crippen molar-refractivity contribution in [1.82, 2.24) is 0 Å². The molecular weight excluding hydrogens is 1540 g/mol. The second kappa shape index (κ2) is 31.7. The fourth-order valence-corrected chi connectivity index (χ4v) is 17.1. The summed E-state index contributed by atoms with van der Waals surface area (Å²) in [6, 6.07) is 102. The van der Waals surface area contributed by atoms with Gasteiger partial charge in [0, 0.05) is 88.6 Å². The number of hydrogen-bond acceptors (Lipinski definition) is 10. The Bertz CT molecular complexity index is 7110. The van der Waals surface area contributed by atoms with Crippen molar-refractivity contribution in [2.75, 3.05) is 15.1 Å². The number of rotatable bonds is 16. The van der Waals surface area contributed by atoms with E-state index < -0.39 is 21.4 Å². The molecule has 0 aliphatic rings. The van der Waals surface area contributed by atoms with Gasteiger partial charge in [-0.05, 0) is 301 Å². The number of fused-ring (bicyclic) bond motifs is 18. The minimum absolute atomic E-state index is 0.442. The molecule has 20 aromatic rings. The van der Waals surface area contributed by atoms with Crippen LogP contribution in [0.5, 0.6) is 5.75 Å². The first-order chi connectivity index (χ1) is 58.6. The average molecular weight is 1640 g/mol. The Morgan fingerprint density at radius 1 is 0.279 bits per heavy atom. The van der Waals surface area contributed by atoms with Gasteiger partial charge in [0.05, 0.1) is 0 Å². The SMILES string of the molecule is CC(C)c1ccc(N(c2ccc(C(C)C)cc2)c2ccc3cc4c(cc3c2)oc2c4ccc3c4cc5ccc(N(c6ccc(C(C)C)cc6)c6ccc(C(C)C)cc6)cc5cc4oc32)cc1.CC(C)c1ccc(Nc2ccc(C(C)C)cc2)cc1.Cc1ccc2cc3c(cc2c1)oc1c3ccc2c3cc4ccc(OS(=O)(=O)C(F)(F)F)cc4cc3oc21. The zero-order valence-electron chi connectivity index (χ0n) is 70.5. The van der Waals surface area contributed by atoms with Crippen LogP contribution in [0.15, 0.2) is 309 Å². The van der Waals surface area contributed by atoms with E-state index in [0.717, 1.165) is 154 Å². The number of benzene rings is 16. The van der Waals surface area contributed by atoms with Crippen LogP contribution >= 0.6 is 0 Å². The van der Waals surface area contributed by atoms with E-state index in [-0.39, 0.29) is 0 Å². The summed E-state index contributed by atoms with van der Waals surface area (Å²) in [6.07, 6.45) is 0. The van der Waals surface area contributed by atoms with E-state index in [1.807, 2.05) is 31.2 Å². The van der Waals surface area contributed by atoms with E-state index in [0.29, 0.717) is 63.0 Å². The summed E-state index contributed by atoms with van der Waals surface area (Å²) in [5.41, 5.74) is 18.3. The van der Waals surface area contributed by atoms with Gasteiger partial charge in [0.2, 0.25) is 0 Å². The van der Waals surface area contributed by atoms with Crippen molar-refractivity contribution < 1.29 is 43.4 Å². The van der Waals surface area contributed by atoms with Gasteiger partial charge in [-0.2, -0.15) is 21.6 Å². The highest BCUT2D eigenvalue weighted by Gasteiger charge is 2.48. The number of nitrogens with zero attached hydrogens (tertiary/aromatic N) is 2. The van der Waals surface area contributed by atoms with E-state index in [4.69, 9.17) is 17.7 Å². The molecule has 0 bridgehead atoms. The maximum atomic E-state index is 12.7. The second-order valence-corrected chi connectivity index (χ2v) is 35.7. The fourth-order valence-electron chi connectivity index (χ4n) is 16.7. The maximum absolute atomic E-state index is 12.7. The number of furan rings is 4. The van der Waals surface area contributed by atoms with Crippen LogP contribution in [0.25, 0.3) is 131 Å². The summed E-state index contributed by atoms with van der Waals surface area (Å²) < 4.78 is 91.3. The molecule has 1 N–H and O–H groups in total. The number of hydrogen-bond donors (Lipinski definition) is 1. The van der Waals surface area contributed by atoms with E-state index in [1.54, 1.807) is 6.07 Å². The predicted molar refractivity (Wildman–Crippen MR) is 502 cm³/mol. The van der Waals surface area contributed by atoms with Crippen LogP contribution < -0.4 is 19.3 Å². The van der Waals surface area contributed by atoms with Gasteiger partial charge in [-0.1, -0.05) is 198 Å². The molecule has 4 heterocycles. The van der Waals surface area contributed by atoms with Crippen molar-refractivity contribution >= 4 is 186 Å². The topological polar surface area (TPSA) is 114 Å². The Morgan fingerprint density at radius 2 is 0.533 bits per heavy atom. The second-order valence-electron chi connectivity index (χ2n) is 34.2. The van der Waals surface area contributed by atoms with Crippen molar-refractivity contribution in [1.29, 1.82) is 0 Å². The third-order valence-corrected chi connectivity index (χ3v) is 24.8. The molecule has 0 saturated carbocycles. The minimum atomic E-state index is -5.77. The highest BCUT2D eigenvalue weighted by Crippen LogP contribution is 2.47. The standard InChI is InChI=1S/C62H56N2O2.C28H15F3O5S.C18H23N/c1-37(2)41-9-19-49(20-10-41)63(50-21-11-42(12-22-50)38(3)4)53-27-17-45-33-57-55-29-30-56-58-34-46-18-28-54(32-48(46)36-60(58)66-62(56)61(55)65-59(57)35-47(45)31-53)64(51-23-13-43(14-24-51)39(5)6)52-25-15-44(16-26-52)40(7)8;1-14-2-3-15-10-22-20-6-7-21-23-11-16-4-5-19(36-37(32,33)28(29,30)31)9-18(16)13-25(23)35-27(21)26(20)34-24(22)12-17(15)8-14;1-13(2)15-5-9-17(10-6-15)19-18-11-7-16(8-12-18)14(3)4/h9-40H,1-8H3;2-13H,1H3;5-14,19H,1-4H3. The summed E-state index contributed by atoms with van der Waals surface area (Å²) in [7, 11) is -5.77. The first-order valence-corrected chi connectivity index (χ1v) is 43.3. The smallest absolute Gasteiger partial charge is 0.452 e. The Kier molecular flexibility index (Phi) is 20.7. The third-order valence-electron chi connectivity index (χ3n) is 23.8. The fraction of sp³-hybridized carbons (Fsp3) is 0.185. The Hall–Kier alpha value is -13.3. The minimum Gasteiger partial charge on any atom is -0.452 e. The molecule has 4 aromatic heterocycles. The monoisotopic (exact) mass is 1630 g/mol. The zero-order valence-corrected chi connectivity index (χ0v) is 71.3. The van der Waals surface area contributed by atoms with Crippen LogP contribution in [0.3, 0.4) is 0 Å². The van der Waals surface area contributed by atoms with Crippen LogP contribution in [-0.2, 0) is 10.1 Å². The van der Waals surface area contributed by atoms with E-state index in [2.05, 4.69) is 345 Å². The van der Waals surface area contributed by atoms with Crippen molar-refractivity contribution in [2.24, 2.45) is 0 Å². The Morgan fingerprint density at radius 3 is 0.820 bits per heavy atom. The molecule has 0 fully saturated rings. The van der Waals surface area contributed by atoms with Gasteiger partial charge in [0.25, 0.3) is 0 Å². The lowest BCUT2D eigenvalue weighted by atomic mass is 10.0. The summed E-state index contributed by atoms with van der Waals surface area (Å²) in [5.74, 6) is 2.58. The van der Waals surface area contributed by atoms with Crippen LogP contribution in [0, 0.1) is 6.92 Å². The van der Waals surface area contributed by atoms with Gasteiger partial charge in [0.1, 0.15) is 28.1 Å². The summed E-state index contributed by atoms with van der Waals surface area (Å²) in [6.45, 7) is 28.8. The van der Waals surface area contributed by atoms with Crippen molar-refractivity contribution in [3.05, 3.63) is 330 Å². The zero-order chi connectivity index (χ0) is 84.9. The molecule has 610 valence electrons. The molecule has 20 rings (SSSR count). The lowest BCUT2D eigenvalue weighted by Crippen LogP contribution is -2.28. The lowest BCUT2D eigenvalue weighted by Gasteiger charge is -2.26. The molecule has 122 heavy (non-hydrogen) atoms. The van der Waals surface area contributed by atoms with Gasteiger partial charge in [-0.3, -0.25) is 0 Å². The Balaban J connectivity index is 0.000000151. The van der Waals surface area contributed by atoms with Crippen molar-refractivity contribution in [3.8, 4) is 5.75 Å². The molecule has 0 saturated heterocycles. The first-order valence-electron chi connectivity index (χ1n) is 41.9. The quantitative estimate of drug-likeness (QED) is 0.0741. The van der Waals surface area contributed by atoms with Gasteiger partial charge >= 0.3 is 15.6 Å². The third kappa shape index (κ3) is 15.3. The van der Waals surface area contributed by atoms with Crippen molar-refractivity contribution in [2.45, 2.75) is 131 Å². The van der Waals surface area contributed by atoms with Crippen LogP contribution in [-0.4, -0.2) is 13.9 Å². The van der Waals surface area contributed by atoms with E-state index in [9.17, 15) is 21.6 Å². The van der Waals surface area contributed by atoms with Crippen LogP contribution in [0.1, 0.15) is 158 Å². The van der Waals surface area contributed by atoms with Crippen LogP contribution in [0.2, 0.25) is 0 Å². The molecule has 0 amide bonds. The average Bonchev–Trinajstić information content (AvgIpc) is 1.57. The van der Waals surface area contributed by atoms with Gasteiger partial charge in [-0.25, -0.2) is 0 Å². The van der Waals surface area contributed by atoms with E-state index >= 15 is 0 Å². The maximum Gasteiger partial charge on any atom is 0.534 e. The largest absolute Gasteiger partial charge is 0.534 e. The number of nitrogens with one attached hydrogen (secondary N) is 1. The molecule has 0 unspecified atom stereocenters. The summed E-state index contributed by atoms with van der Waals surface area (Å²) >= 11 is 0. The van der Waals surface area contributed by atoms with Gasteiger partial charge in [0.15, 0.2) is 22.3 Å². The highest BCUT2D eigenvalue weighted by molar-refractivity contribution is 7.88. The lowest BCUT2D eigenvalue weighted by molar-refractivity contribution is -0.0500. The van der Waals surface area contributed by atoms with Crippen LogP contribution in [0.4, 0.5) is 58.7 Å².